The lowest BCUT2D eigenvalue weighted by molar-refractivity contribution is 0.197. The first-order valence-electron chi connectivity index (χ1n) is 63.0. The van der Waals surface area contributed by atoms with Crippen LogP contribution >= 0.6 is 25.8 Å². The van der Waals surface area contributed by atoms with Crippen LogP contribution in [-0.4, -0.2) is 19.8 Å². The van der Waals surface area contributed by atoms with Crippen molar-refractivity contribution in [1.82, 2.24) is 0 Å². The Labute approximate surface area is 919 Å². The zero-order chi connectivity index (χ0) is 107. The minimum atomic E-state index is -2.01. The van der Waals surface area contributed by atoms with E-state index < -0.39 is 25.8 Å². The largest absolute Gasteiger partial charge is 0.530 e. The molecule has 0 heterocycles. The van der Waals surface area contributed by atoms with E-state index in [1.54, 1.807) is 0 Å². The highest BCUT2D eigenvalue weighted by Crippen LogP contribution is 2.54. The van der Waals surface area contributed by atoms with Crippen LogP contribution in [0, 0.1) is 20.8 Å². The molecule has 0 spiro atoms. The molecule has 9 nitrogen and oxygen atoms in total. The summed E-state index contributed by atoms with van der Waals surface area (Å²) >= 11 is 0. The van der Waals surface area contributed by atoms with Crippen molar-refractivity contribution in [2.45, 2.75) is 628 Å². The number of benzene rings is 6. The van der Waals surface area contributed by atoms with Gasteiger partial charge in [0, 0.05) is 22.6 Å². The molecule has 0 bridgehead atoms. The van der Waals surface area contributed by atoms with Crippen LogP contribution in [0.5, 0.6) is 34.5 Å². The number of aryl methyl sites for hydroxylation is 6. The molecule has 0 amide bonds. The van der Waals surface area contributed by atoms with Crippen molar-refractivity contribution in [3.8, 4) is 34.5 Å². The highest BCUT2D eigenvalue weighted by Gasteiger charge is 2.35. The van der Waals surface area contributed by atoms with E-state index in [0.29, 0.717) is 19.8 Å². The van der Waals surface area contributed by atoms with Crippen LogP contribution in [-0.2, 0) is 49.1 Å². The molecule has 3 atom stereocenters. The van der Waals surface area contributed by atoms with Crippen molar-refractivity contribution in [1.29, 1.82) is 0 Å². The van der Waals surface area contributed by atoms with Gasteiger partial charge in [0.25, 0.3) is 0 Å². The third-order valence-electron chi connectivity index (χ3n) is 31.1. The van der Waals surface area contributed by atoms with Gasteiger partial charge in [0.15, 0.2) is 0 Å². The molecule has 0 fully saturated rings. The molecule has 0 aliphatic heterocycles. The van der Waals surface area contributed by atoms with E-state index in [1.165, 1.54) is 435 Å². The molecule has 0 radical (unpaired) electrons. The molecule has 0 aromatic heterocycles. The van der Waals surface area contributed by atoms with Crippen molar-refractivity contribution in [2.24, 2.45) is 0 Å². The monoisotopic (exact) mass is 2100 g/mol. The Morgan fingerprint density at radius 3 is 0.649 bits per heavy atom. The summed E-state index contributed by atoms with van der Waals surface area (Å²) in [6, 6.07) is 40.6. The normalized spacial score (nSPS) is 12.7. The summed E-state index contributed by atoms with van der Waals surface area (Å²) in [6.07, 6.45) is 93.9. The molecular weight excluding hydrogens is 1870 g/mol. The molecule has 0 aliphatic rings. The Morgan fingerprint density at radius 1 is 0.209 bits per heavy atom. The predicted octanol–water partition coefficient (Wildman–Crippen LogP) is 47.6. The lowest BCUT2D eigenvalue weighted by Crippen LogP contribution is -2.19. The summed E-state index contributed by atoms with van der Waals surface area (Å²) in [6.45, 7) is 46.3. The summed E-state index contributed by atoms with van der Waals surface area (Å²) < 4.78 is 65.3. The second kappa shape index (κ2) is 82.7. The number of unbranched alkanes of at least 4 members (excludes halogenated alkanes) is 63. The van der Waals surface area contributed by atoms with Gasteiger partial charge in [-0.2, -0.15) is 0 Å². The summed E-state index contributed by atoms with van der Waals surface area (Å²) in [5.74, 6) is 5.03. The van der Waals surface area contributed by atoms with E-state index in [1.807, 2.05) is 0 Å². The molecule has 0 aliphatic carbocycles. The van der Waals surface area contributed by atoms with Crippen LogP contribution in [0.2, 0.25) is 0 Å². The topological polar surface area (TPSA) is 83.1 Å². The molecule has 6 aromatic carbocycles. The summed E-state index contributed by atoms with van der Waals surface area (Å²) in [5.41, 5.74) is 13.5. The van der Waals surface area contributed by atoms with Gasteiger partial charge in [-0.05, 0) is 194 Å². The van der Waals surface area contributed by atoms with E-state index in [4.69, 9.17) is 40.7 Å². The van der Waals surface area contributed by atoms with Crippen molar-refractivity contribution in [3.63, 3.8) is 0 Å². The van der Waals surface area contributed by atoms with Gasteiger partial charge in [-0.15, -0.1) is 0 Å². The van der Waals surface area contributed by atoms with Crippen molar-refractivity contribution < 1.29 is 40.7 Å². The minimum absolute atomic E-state index is 0.0667. The maximum Gasteiger partial charge on any atom is 0.530 e. The molecule has 0 N–H and O–H groups in total. The third-order valence-corrected chi connectivity index (χ3v) is 34.3. The second-order valence-corrected chi connectivity index (χ2v) is 51.3. The predicted molar refractivity (Wildman–Crippen MR) is 650 cm³/mol. The van der Waals surface area contributed by atoms with Gasteiger partial charge in [0.05, 0.1) is 19.8 Å². The van der Waals surface area contributed by atoms with E-state index >= 15 is 0 Å². The molecule has 148 heavy (non-hydrogen) atoms. The van der Waals surface area contributed by atoms with Gasteiger partial charge in [-0.3, -0.25) is 4.52 Å². The zero-order valence-electron chi connectivity index (χ0n) is 99.8. The van der Waals surface area contributed by atoms with E-state index in [2.05, 4.69) is 241 Å². The highest BCUT2D eigenvalue weighted by molar-refractivity contribution is 7.43. The fourth-order valence-corrected chi connectivity index (χ4v) is 24.8. The smallest absolute Gasteiger partial charge is 0.426 e. The molecule has 0 saturated heterocycles. The fourth-order valence-electron chi connectivity index (χ4n) is 21.5. The first kappa shape index (κ1) is 132. The van der Waals surface area contributed by atoms with Crippen molar-refractivity contribution in [3.05, 3.63) is 176 Å². The Kier molecular flexibility index (Phi) is 73.8. The molecular formula is C136H229O9P3. The molecule has 12 heteroatoms. The Balaban J connectivity index is 1.42. The van der Waals surface area contributed by atoms with Gasteiger partial charge in [0.1, 0.15) is 34.5 Å². The number of hydrogen-bond donors (Lipinski definition) is 0. The quantitative estimate of drug-likeness (QED) is 0.0274. The Hall–Kier alpha value is -4.71. The average Bonchev–Trinajstić information content (AvgIpc) is 0.758. The van der Waals surface area contributed by atoms with Crippen molar-refractivity contribution >= 4 is 25.8 Å². The standard InChI is InChI=1S/C136H229O9P3/c1-20-26-32-38-44-47-50-53-56-59-62-65-68-74-80-92-104-137-146(138-105-93-81-75-69-66-63-60-57-54-51-48-45-39-33-27-21-2)143-131-109-116(9)122(112-126(131)135(14,15)16)124(123-113-127(136(17,18)19)132(110-117(123)10)144-147(140-128-101-89-86-98-118(128)95-83-77-71-41-35-29-23-4)139-106-94-82-76-70-67-64-61-58-55-52-49-46-40-34-28-22-3)107-114(7)121-111-125(134(11,12)13)133(108-115(121)8)145-148(141-129-102-90-87-99-119(129)96-84-78-72-42-36-30-24-5)142-130-103-91-88-100-120(130)97-85-79-73-43-37-31-25-6/h86-91,98-103,108-114,124H,20-85,92-97,104-107H2,1-19H3. The maximum atomic E-state index is 7.53. The lowest BCUT2D eigenvalue weighted by Gasteiger charge is -2.33. The van der Waals surface area contributed by atoms with Gasteiger partial charge >= 0.3 is 25.8 Å². The minimum Gasteiger partial charge on any atom is -0.426 e. The van der Waals surface area contributed by atoms with Gasteiger partial charge in [-0.25, -0.2) is 0 Å². The molecule has 3 unspecified atom stereocenters. The summed E-state index contributed by atoms with van der Waals surface area (Å²) in [5, 5.41) is 0. The van der Waals surface area contributed by atoms with Crippen LogP contribution in [0.4, 0.5) is 0 Å². The molecule has 0 saturated carbocycles. The van der Waals surface area contributed by atoms with E-state index in [0.717, 1.165) is 135 Å². The molecule has 6 rings (SSSR count). The van der Waals surface area contributed by atoms with Crippen LogP contribution < -0.4 is 27.1 Å². The SMILES string of the molecule is CCCCCCCCCCCCCCCCCCOP(OCCCCCCCCCCCCCCCCCC)Oc1cc(C)c(C(CC(C)c2cc(C(C)(C)C)c(OP(Oc3ccccc3CCCCCCCCC)Oc3ccccc3CCCCCCCCC)cc2C)c2cc(C(C)(C)C)c(OP(OCCCCCCCCCCCCCCCCCC)Oc3ccccc3CCCCCCCCC)cc2C)cc1C(C)(C)C. The van der Waals surface area contributed by atoms with Crippen LogP contribution in [0.1, 0.15) is 639 Å². The number of para-hydroxylation sites is 3. The van der Waals surface area contributed by atoms with Gasteiger partial charge in [-0.1, -0.05) is 588 Å². The van der Waals surface area contributed by atoms with Crippen LogP contribution in [0.15, 0.2) is 109 Å². The summed E-state index contributed by atoms with van der Waals surface area (Å²) in [4.78, 5) is 0. The first-order valence-corrected chi connectivity index (χ1v) is 66.3. The Bertz CT molecular complexity index is 4130. The maximum absolute atomic E-state index is 7.53. The van der Waals surface area contributed by atoms with Crippen LogP contribution in [0.25, 0.3) is 0 Å². The van der Waals surface area contributed by atoms with Gasteiger partial charge in [0.2, 0.25) is 0 Å². The fraction of sp³-hybridized carbons (Fsp3) is 0.735. The first-order chi connectivity index (χ1) is 71.9. The van der Waals surface area contributed by atoms with E-state index in [9.17, 15) is 0 Å². The third kappa shape index (κ3) is 58.4. The molecule has 6 aromatic rings. The van der Waals surface area contributed by atoms with Crippen LogP contribution in [0.3, 0.4) is 0 Å². The summed E-state index contributed by atoms with van der Waals surface area (Å²) in [7, 11) is -5.60. The Morgan fingerprint density at radius 2 is 0.399 bits per heavy atom. The number of hydrogen-bond acceptors (Lipinski definition) is 9. The zero-order valence-corrected chi connectivity index (χ0v) is 102. The average molecular weight is 2100 g/mol. The van der Waals surface area contributed by atoms with Gasteiger partial charge < -0.3 is 36.2 Å². The highest BCUT2D eigenvalue weighted by atomic mass is 31.2. The van der Waals surface area contributed by atoms with E-state index in [-0.39, 0.29) is 28.1 Å². The number of rotatable bonds is 95. The lowest BCUT2D eigenvalue weighted by atomic mass is 9.74. The molecule has 842 valence electrons. The van der Waals surface area contributed by atoms with Crippen molar-refractivity contribution in [2.75, 3.05) is 19.8 Å². The second-order valence-electron chi connectivity index (χ2n) is 48.1.